The first-order valence-electron chi connectivity index (χ1n) is 6.85. The lowest BCUT2D eigenvalue weighted by atomic mass is 10.1. The van der Waals surface area contributed by atoms with E-state index in [0.29, 0.717) is 12.4 Å². The molecule has 0 atom stereocenters. The predicted molar refractivity (Wildman–Crippen MR) is 79.8 cm³/mol. The fraction of sp³-hybridized carbons (Fsp3) is 0.375. The molecule has 2 aromatic rings. The number of anilines is 1. The van der Waals surface area contributed by atoms with Gasteiger partial charge in [-0.1, -0.05) is 37.6 Å². The van der Waals surface area contributed by atoms with Crippen LogP contribution in [0.4, 0.5) is 5.69 Å². The monoisotopic (exact) mass is 259 g/mol. The first kappa shape index (κ1) is 13.7. The molecule has 0 aliphatic rings. The van der Waals surface area contributed by atoms with E-state index in [4.69, 9.17) is 4.74 Å². The van der Waals surface area contributed by atoms with Crippen molar-refractivity contribution in [1.82, 2.24) is 0 Å². The summed E-state index contributed by atoms with van der Waals surface area (Å²) in [6, 6.07) is 11.5. The minimum Gasteiger partial charge on any atom is -0.507 e. The Kier molecular flexibility index (Phi) is 5.04. The van der Waals surface area contributed by atoms with E-state index in [0.717, 1.165) is 42.5 Å². The van der Waals surface area contributed by atoms with Crippen molar-refractivity contribution in [2.75, 3.05) is 25.1 Å². The van der Waals surface area contributed by atoms with Crippen LogP contribution in [0.15, 0.2) is 36.4 Å². The Morgan fingerprint density at radius 2 is 1.84 bits per heavy atom. The molecule has 0 aliphatic heterocycles. The van der Waals surface area contributed by atoms with Gasteiger partial charge in [0, 0.05) is 29.6 Å². The molecule has 2 rings (SSSR count). The van der Waals surface area contributed by atoms with Gasteiger partial charge in [0.2, 0.25) is 0 Å². The number of aromatic hydroxyl groups is 1. The number of ether oxygens (including phenoxy) is 1. The fourth-order valence-electron chi connectivity index (χ4n) is 2.05. The lowest BCUT2D eigenvalue weighted by Gasteiger charge is -2.10. The Hall–Kier alpha value is -1.74. The summed E-state index contributed by atoms with van der Waals surface area (Å²) in [7, 11) is 0. The van der Waals surface area contributed by atoms with Gasteiger partial charge in [-0.05, 0) is 18.6 Å². The van der Waals surface area contributed by atoms with Gasteiger partial charge in [0.05, 0.1) is 6.61 Å². The summed E-state index contributed by atoms with van der Waals surface area (Å²) in [4.78, 5) is 0. The molecule has 0 spiro atoms. The highest BCUT2D eigenvalue weighted by Gasteiger charge is 2.03. The van der Waals surface area contributed by atoms with Crippen LogP contribution in [-0.2, 0) is 4.74 Å². The molecule has 0 heterocycles. The maximum absolute atomic E-state index is 9.81. The third-order valence-corrected chi connectivity index (χ3v) is 3.10. The zero-order valence-electron chi connectivity index (χ0n) is 11.4. The molecular formula is C16H21NO2. The number of phenols is 1. The quantitative estimate of drug-likeness (QED) is 0.744. The fourth-order valence-corrected chi connectivity index (χ4v) is 2.05. The summed E-state index contributed by atoms with van der Waals surface area (Å²) < 4.78 is 5.52. The summed E-state index contributed by atoms with van der Waals surface area (Å²) in [5.74, 6) is 0.320. The van der Waals surface area contributed by atoms with E-state index in [9.17, 15) is 5.11 Å². The zero-order chi connectivity index (χ0) is 13.5. The Morgan fingerprint density at radius 1 is 1.05 bits per heavy atom. The van der Waals surface area contributed by atoms with Crippen LogP contribution in [0.2, 0.25) is 0 Å². The van der Waals surface area contributed by atoms with Crippen molar-refractivity contribution in [2.24, 2.45) is 0 Å². The van der Waals surface area contributed by atoms with Crippen LogP contribution < -0.4 is 5.32 Å². The normalized spacial score (nSPS) is 10.8. The molecule has 3 heteroatoms. The highest BCUT2D eigenvalue weighted by atomic mass is 16.5. The average Bonchev–Trinajstić information content (AvgIpc) is 2.43. The molecule has 0 unspecified atom stereocenters. The molecular weight excluding hydrogens is 238 g/mol. The van der Waals surface area contributed by atoms with Crippen molar-refractivity contribution < 1.29 is 9.84 Å². The lowest BCUT2D eigenvalue weighted by Crippen LogP contribution is -2.10. The Morgan fingerprint density at radius 3 is 2.68 bits per heavy atom. The van der Waals surface area contributed by atoms with Crippen molar-refractivity contribution in [3.05, 3.63) is 36.4 Å². The number of unbranched alkanes of at least 4 members (excludes halogenated alkanes) is 1. The smallest absolute Gasteiger partial charge is 0.123 e. The van der Waals surface area contributed by atoms with E-state index in [1.54, 1.807) is 6.07 Å². The molecule has 0 aromatic heterocycles. The molecule has 3 nitrogen and oxygen atoms in total. The maximum atomic E-state index is 9.81. The summed E-state index contributed by atoms with van der Waals surface area (Å²) >= 11 is 0. The summed E-state index contributed by atoms with van der Waals surface area (Å²) in [5.41, 5.74) is 1.03. The van der Waals surface area contributed by atoms with E-state index < -0.39 is 0 Å². The molecule has 0 aliphatic carbocycles. The molecule has 0 amide bonds. The minimum atomic E-state index is 0.320. The molecule has 102 valence electrons. The van der Waals surface area contributed by atoms with Gasteiger partial charge in [0.1, 0.15) is 5.75 Å². The Bertz CT molecular complexity index is 525. The molecule has 2 N–H and O–H groups in total. The number of benzene rings is 2. The van der Waals surface area contributed by atoms with Crippen LogP contribution in [0.5, 0.6) is 5.75 Å². The van der Waals surface area contributed by atoms with E-state index in [-0.39, 0.29) is 0 Å². The second kappa shape index (κ2) is 7.00. The van der Waals surface area contributed by atoms with Crippen molar-refractivity contribution in [2.45, 2.75) is 19.8 Å². The molecule has 0 radical (unpaired) electrons. The maximum Gasteiger partial charge on any atom is 0.123 e. The highest BCUT2D eigenvalue weighted by molar-refractivity contribution is 5.97. The van der Waals surface area contributed by atoms with Gasteiger partial charge in [-0.15, -0.1) is 0 Å². The van der Waals surface area contributed by atoms with E-state index >= 15 is 0 Å². The lowest BCUT2D eigenvalue weighted by molar-refractivity contribution is 0.141. The van der Waals surface area contributed by atoms with E-state index in [1.807, 2.05) is 30.3 Å². The van der Waals surface area contributed by atoms with E-state index in [1.165, 1.54) is 0 Å². The van der Waals surface area contributed by atoms with E-state index in [2.05, 4.69) is 12.2 Å². The zero-order valence-corrected chi connectivity index (χ0v) is 11.4. The largest absolute Gasteiger partial charge is 0.507 e. The third kappa shape index (κ3) is 3.61. The van der Waals surface area contributed by atoms with Gasteiger partial charge in [0.25, 0.3) is 0 Å². The third-order valence-electron chi connectivity index (χ3n) is 3.10. The average molecular weight is 259 g/mol. The number of nitrogens with one attached hydrogen (secondary N) is 1. The first-order chi connectivity index (χ1) is 9.33. The SMILES string of the molecule is CCCCOCCNc1cccc2c(O)cccc12. The van der Waals surface area contributed by atoms with Crippen molar-refractivity contribution in [3.8, 4) is 5.75 Å². The Balaban J connectivity index is 1.95. The van der Waals surface area contributed by atoms with Crippen molar-refractivity contribution in [1.29, 1.82) is 0 Å². The number of rotatable bonds is 7. The number of hydrogen-bond acceptors (Lipinski definition) is 3. The van der Waals surface area contributed by atoms with Gasteiger partial charge < -0.3 is 15.2 Å². The highest BCUT2D eigenvalue weighted by Crippen LogP contribution is 2.29. The molecule has 0 saturated carbocycles. The first-order valence-corrected chi connectivity index (χ1v) is 6.85. The summed E-state index contributed by atoms with van der Waals surface area (Å²) in [5, 5.41) is 15.1. The van der Waals surface area contributed by atoms with Crippen LogP contribution in [0.3, 0.4) is 0 Å². The van der Waals surface area contributed by atoms with Crippen LogP contribution >= 0.6 is 0 Å². The molecule has 0 fully saturated rings. The second-order valence-corrected chi connectivity index (χ2v) is 4.57. The summed E-state index contributed by atoms with van der Waals surface area (Å²) in [6.07, 6.45) is 2.28. The number of phenolic OH excluding ortho intramolecular Hbond substituents is 1. The second-order valence-electron chi connectivity index (χ2n) is 4.57. The van der Waals surface area contributed by atoms with Gasteiger partial charge in [-0.25, -0.2) is 0 Å². The van der Waals surface area contributed by atoms with Gasteiger partial charge in [0.15, 0.2) is 0 Å². The van der Waals surface area contributed by atoms with Gasteiger partial charge in [-0.3, -0.25) is 0 Å². The predicted octanol–water partition coefficient (Wildman–Crippen LogP) is 3.77. The standard InChI is InChI=1S/C16H21NO2/c1-2-3-11-19-12-10-17-15-8-4-7-14-13(15)6-5-9-16(14)18/h4-9,17-18H,2-3,10-12H2,1H3. The summed E-state index contributed by atoms with van der Waals surface area (Å²) in [6.45, 7) is 4.46. The topological polar surface area (TPSA) is 41.5 Å². The van der Waals surface area contributed by atoms with Gasteiger partial charge in [-0.2, -0.15) is 0 Å². The number of hydrogen-bond donors (Lipinski definition) is 2. The molecule has 0 saturated heterocycles. The molecule has 2 aromatic carbocycles. The van der Waals surface area contributed by atoms with Crippen LogP contribution in [0, 0.1) is 0 Å². The Labute approximate surface area is 114 Å². The molecule has 19 heavy (non-hydrogen) atoms. The van der Waals surface area contributed by atoms with Crippen LogP contribution in [-0.4, -0.2) is 24.9 Å². The molecule has 0 bridgehead atoms. The number of fused-ring (bicyclic) bond motifs is 1. The van der Waals surface area contributed by atoms with Gasteiger partial charge >= 0.3 is 0 Å². The minimum absolute atomic E-state index is 0.320. The van der Waals surface area contributed by atoms with Crippen LogP contribution in [0.25, 0.3) is 10.8 Å². The van der Waals surface area contributed by atoms with Crippen molar-refractivity contribution in [3.63, 3.8) is 0 Å². The van der Waals surface area contributed by atoms with Crippen molar-refractivity contribution >= 4 is 16.5 Å². The van der Waals surface area contributed by atoms with Crippen LogP contribution in [0.1, 0.15) is 19.8 Å².